The van der Waals surface area contributed by atoms with Gasteiger partial charge < -0.3 is 10.4 Å². The van der Waals surface area contributed by atoms with Gasteiger partial charge in [0.15, 0.2) is 5.13 Å². The Kier molecular flexibility index (Phi) is 4.19. The Hall–Kier alpha value is -3.13. The molecule has 4 nitrogen and oxygen atoms in total. The molecule has 8 heteroatoms. The Morgan fingerprint density at radius 2 is 1.78 bits per heavy atom. The number of nitrogens with one attached hydrogen (secondary N) is 1. The number of alkyl halides is 3. The molecule has 0 atom stereocenters. The van der Waals surface area contributed by atoms with E-state index in [4.69, 9.17) is 0 Å². The van der Waals surface area contributed by atoms with Crippen LogP contribution in [0.2, 0.25) is 0 Å². The number of halogens is 3. The van der Waals surface area contributed by atoms with Crippen molar-refractivity contribution < 1.29 is 18.3 Å². The molecule has 27 heavy (non-hydrogen) atoms. The van der Waals surface area contributed by atoms with Crippen LogP contribution in [0.3, 0.4) is 0 Å². The lowest BCUT2D eigenvalue weighted by atomic mass is 10.1. The maximum Gasteiger partial charge on any atom is 0.418 e. The molecule has 136 valence electrons. The molecule has 0 saturated heterocycles. The van der Waals surface area contributed by atoms with E-state index < -0.39 is 11.7 Å². The van der Waals surface area contributed by atoms with Crippen molar-refractivity contribution in [3.8, 4) is 5.88 Å². The molecule has 3 aromatic rings. The van der Waals surface area contributed by atoms with Gasteiger partial charge in [-0.05, 0) is 24.3 Å². The molecule has 1 aliphatic rings. The van der Waals surface area contributed by atoms with Crippen LogP contribution in [0.15, 0.2) is 53.5 Å². The highest BCUT2D eigenvalue weighted by atomic mass is 32.1. The number of hydrogen-bond acceptors (Lipinski definition) is 5. The van der Waals surface area contributed by atoms with Crippen molar-refractivity contribution in [1.82, 2.24) is 4.98 Å². The predicted molar refractivity (Wildman–Crippen MR) is 101 cm³/mol. The number of anilines is 2. The largest absolute Gasteiger partial charge is 0.492 e. The van der Waals surface area contributed by atoms with Crippen molar-refractivity contribution in [1.29, 1.82) is 0 Å². The van der Waals surface area contributed by atoms with Crippen molar-refractivity contribution in [2.75, 3.05) is 5.32 Å². The van der Waals surface area contributed by atoms with Crippen molar-refractivity contribution >= 4 is 45.7 Å². The van der Waals surface area contributed by atoms with Crippen LogP contribution in [0.1, 0.15) is 16.0 Å². The number of para-hydroxylation sites is 2. The summed E-state index contributed by atoms with van der Waals surface area (Å²) in [5, 5.41) is 12.9. The van der Waals surface area contributed by atoms with Gasteiger partial charge in [0.05, 0.1) is 21.8 Å². The minimum Gasteiger partial charge on any atom is -0.492 e. The highest BCUT2D eigenvalue weighted by molar-refractivity contribution is 7.16. The first kappa shape index (κ1) is 17.3. The van der Waals surface area contributed by atoms with Crippen molar-refractivity contribution in [2.24, 2.45) is 4.99 Å². The Morgan fingerprint density at radius 1 is 1.04 bits per heavy atom. The molecule has 0 amide bonds. The molecule has 2 aromatic carbocycles. The zero-order valence-electron chi connectivity index (χ0n) is 13.7. The summed E-state index contributed by atoms with van der Waals surface area (Å²) >= 11 is 1.06. The lowest BCUT2D eigenvalue weighted by molar-refractivity contribution is -0.136. The van der Waals surface area contributed by atoms with Crippen molar-refractivity contribution in [3.63, 3.8) is 0 Å². The van der Waals surface area contributed by atoms with Crippen molar-refractivity contribution in [3.05, 3.63) is 64.5 Å². The van der Waals surface area contributed by atoms with Gasteiger partial charge in [0.2, 0.25) is 5.88 Å². The fourth-order valence-corrected chi connectivity index (χ4v) is 3.55. The molecule has 1 aliphatic heterocycles. The maximum atomic E-state index is 13.1. The summed E-state index contributed by atoms with van der Waals surface area (Å²) in [4.78, 5) is 8.65. The molecular formula is C19H12F3N3OS. The normalized spacial score (nSPS) is 14.6. The molecular weight excluding hydrogens is 375 g/mol. The summed E-state index contributed by atoms with van der Waals surface area (Å²) < 4.78 is 39.3. The molecule has 0 spiro atoms. The second kappa shape index (κ2) is 6.55. The van der Waals surface area contributed by atoms with E-state index in [9.17, 15) is 18.3 Å². The third kappa shape index (κ3) is 3.43. The molecule has 0 radical (unpaired) electrons. The van der Waals surface area contributed by atoms with Gasteiger partial charge in [-0.3, -0.25) is 4.99 Å². The average Bonchev–Trinajstić information content (AvgIpc) is 3.19. The zero-order valence-corrected chi connectivity index (χ0v) is 14.5. The predicted octanol–water partition coefficient (Wildman–Crippen LogP) is 5.87. The van der Waals surface area contributed by atoms with Gasteiger partial charge in [-0.25, -0.2) is 0 Å². The quantitative estimate of drug-likeness (QED) is 0.591. The average molecular weight is 387 g/mol. The van der Waals surface area contributed by atoms with Gasteiger partial charge in [0.1, 0.15) is 0 Å². The lowest BCUT2D eigenvalue weighted by Gasteiger charge is -2.12. The second-order valence-electron chi connectivity index (χ2n) is 5.75. The number of hydrogen-bond donors (Lipinski definition) is 2. The number of rotatable bonds is 3. The molecule has 0 aliphatic carbocycles. The van der Waals surface area contributed by atoms with E-state index in [0.29, 0.717) is 4.88 Å². The molecule has 0 bridgehead atoms. The SMILES string of the molecule is Oc1nc(Nc2ccccc2C(F)(F)F)sc1/C=C1/C=Nc2ccccc21. The lowest BCUT2D eigenvalue weighted by Crippen LogP contribution is -2.08. The number of aromatic nitrogens is 1. The van der Waals surface area contributed by atoms with Crippen LogP contribution in [-0.2, 0) is 6.18 Å². The second-order valence-corrected chi connectivity index (χ2v) is 6.78. The van der Waals surface area contributed by atoms with E-state index in [1.807, 2.05) is 24.3 Å². The molecule has 2 heterocycles. The van der Waals surface area contributed by atoms with Crippen LogP contribution in [0, 0.1) is 0 Å². The molecule has 2 N–H and O–H groups in total. The van der Waals surface area contributed by atoms with Gasteiger partial charge in [0.25, 0.3) is 0 Å². The minimum absolute atomic E-state index is 0.120. The first-order chi connectivity index (χ1) is 12.9. The molecule has 0 unspecified atom stereocenters. The third-order valence-electron chi connectivity index (χ3n) is 3.95. The summed E-state index contributed by atoms with van der Waals surface area (Å²) in [6, 6.07) is 12.7. The summed E-state index contributed by atoms with van der Waals surface area (Å²) in [7, 11) is 0. The van der Waals surface area contributed by atoms with E-state index in [-0.39, 0.29) is 16.7 Å². The summed E-state index contributed by atoms with van der Waals surface area (Å²) in [5.74, 6) is -0.253. The molecule has 0 fully saturated rings. The van der Waals surface area contributed by atoms with Crippen molar-refractivity contribution in [2.45, 2.75) is 6.18 Å². The number of fused-ring (bicyclic) bond motifs is 1. The number of nitrogens with zero attached hydrogens (tertiary/aromatic N) is 2. The third-order valence-corrected chi connectivity index (χ3v) is 4.86. The van der Waals surface area contributed by atoms with E-state index in [2.05, 4.69) is 15.3 Å². The monoisotopic (exact) mass is 387 g/mol. The topological polar surface area (TPSA) is 57.5 Å². The van der Waals surface area contributed by atoms with E-state index in [0.717, 1.165) is 34.2 Å². The number of allylic oxidation sites excluding steroid dienone is 1. The first-order valence-corrected chi connectivity index (χ1v) is 8.72. The van der Waals surface area contributed by atoms with E-state index in [1.54, 1.807) is 12.3 Å². The van der Waals surface area contributed by atoms with Crippen LogP contribution in [-0.4, -0.2) is 16.3 Å². The Balaban J connectivity index is 1.65. The first-order valence-electron chi connectivity index (χ1n) is 7.90. The van der Waals surface area contributed by atoms with Gasteiger partial charge >= 0.3 is 6.18 Å². The maximum absolute atomic E-state index is 13.1. The van der Waals surface area contributed by atoms with Crippen LogP contribution in [0.25, 0.3) is 11.6 Å². The fraction of sp³-hybridized carbons (Fsp3) is 0.0526. The van der Waals surface area contributed by atoms with Gasteiger partial charge in [-0.2, -0.15) is 18.2 Å². The van der Waals surface area contributed by atoms with Crippen LogP contribution < -0.4 is 5.32 Å². The highest BCUT2D eigenvalue weighted by Gasteiger charge is 2.33. The molecule has 4 rings (SSSR count). The standard InChI is InChI=1S/C19H12F3N3OS/c20-19(21,22)13-6-2-4-8-15(13)24-18-25-17(26)16(27-18)9-11-10-23-14-7-3-1-5-12(11)14/h1-10,26H,(H,24,25)/b11-9-. The Labute approximate surface area is 156 Å². The Morgan fingerprint density at radius 3 is 2.59 bits per heavy atom. The highest BCUT2D eigenvalue weighted by Crippen LogP contribution is 2.39. The molecule has 0 saturated carbocycles. The van der Waals surface area contributed by atoms with Crippen LogP contribution in [0.5, 0.6) is 5.88 Å². The number of thiazole rings is 1. The smallest absolute Gasteiger partial charge is 0.418 e. The number of benzene rings is 2. The number of aliphatic imine (C=N–C) groups is 1. The summed E-state index contributed by atoms with van der Waals surface area (Å²) in [6.07, 6.45) is -1.10. The fourth-order valence-electron chi connectivity index (χ4n) is 2.72. The summed E-state index contributed by atoms with van der Waals surface area (Å²) in [6.45, 7) is 0. The zero-order chi connectivity index (χ0) is 19.0. The van der Waals surface area contributed by atoms with Crippen LogP contribution in [0.4, 0.5) is 29.7 Å². The summed E-state index contributed by atoms with van der Waals surface area (Å²) in [5.41, 5.74) is 1.63. The van der Waals surface area contributed by atoms with E-state index >= 15 is 0 Å². The van der Waals surface area contributed by atoms with Gasteiger partial charge in [-0.15, -0.1) is 0 Å². The van der Waals surface area contributed by atoms with Crippen LogP contribution >= 0.6 is 11.3 Å². The minimum atomic E-state index is -4.49. The van der Waals surface area contributed by atoms with Gasteiger partial charge in [-0.1, -0.05) is 41.7 Å². The molecule has 1 aromatic heterocycles. The number of aromatic hydroxyl groups is 1. The van der Waals surface area contributed by atoms with Gasteiger partial charge in [0, 0.05) is 17.4 Å². The van der Waals surface area contributed by atoms with E-state index in [1.165, 1.54) is 18.2 Å². The Bertz CT molecular complexity index is 1070.